The summed E-state index contributed by atoms with van der Waals surface area (Å²) in [6.07, 6.45) is 4.93. The second kappa shape index (κ2) is 5.41. The number of hydrogen-bond donors (Lipinski definition) is 0. The topological polar surface area (TPSA) is 34.1 Å². The lowest BCUT2D eigenvalue weighted by atomic mass is 9.71. The van der Waals surface area contributed by atoms with E-state index < -0.39 is 0 Å². The number of carbonyl (C=O) groups excluding carboxylic acids is 2. The van der Waals surface area contributed by atoms with E-state index >= 15 is 0 Å². The Bertz CT molecular complexity index is 671. The molecule has 0 heterocycles. The molecule has 0 aliphatic heterocycles. The second-order valence-corrected chi connectivity index (χ2v) is 6.08. The number of benzene rings is 1. The molecule has 20 heavy (non-hydrogen) atoms. The largest absolute Gasteiger partial charge is 0.298 e. The summed E-state index contributed by atoms with van der Waals surface area (Å²) >= 11 is 6.42. The van der Waals surface area contributed by atoms with Gasteiger partial charge < -0.3 is 0 Å². The number of allylic oxidation sites excluding steroid dienone is 4. The minimum Gasteiger partial charge on any atom is -0.298 e. The van der Waals surface area contributed by atoms with Crippen LogP contribution >= 0.6 is 31.9 Å². The average molecular weight is 396 g/mol. The van der Waals surface area contributed by atoms with Crippen LogP contribution in [0.4, 0.5) is 0 Å². The smallest absolute Gasteiger partial charge is 0.173 e. The van der Waals surface area contributed by atoms with Gasteiger partial charge in [-0.05, 0) is 34.8 Å². The molecule has 1 aromatic rings. The van der Waals surface area contributed by atoms with E-state index in [1.54, 1.807) is 0 Å². The molecule has 2 nitrogen and oxygen atoms in total. The van der Waals surface area contributed by atoms with Crippen molar-refractivity contribution in [3.8, 4) is 0 Å². The summed E-state index contributed by atoms with van der Waals surface area (Å²) in [6.45, 7) is 0. The van der Waals surface area contributed by atoms with Crippen LogP contribution in [0.1, 0.15) is 27.9 Å². The van der Waals surface area contributed by atoms with Crippen molar-refractivity contribution in [2.24, 2.45) is 5.92 Å². The molecule has 0 spiro atoms. The van der Waals surface area contributed by atoms with Gasteiger partial charge in [0.15, 0.2) is 11.6 Å². The van der Waals surface area contributed by atoms with Crippen molar-refractivity contribution in [2.75, 3.05) is 10.7 Å². The summed E-state index contributed by atoms with van der Waals surface area (Å²) < 4.78 is 0. The summed E-state index contributed by atoms with van der Waals surface area (Å²) in [5, 5.41) is 0.742. The predicted octanol–water partition coefficient (Wildman–Crippen LogP) is 4.03. The highest BCUT2D eigenvalue weighted by Crippen LogP contribution is 2.49. The van der Waals surface area contributed by atoms with E-state index in [0.29, 0.717) is 10.7 Å². The summed E-state index contributed by atoms with van der Waals surface area (Å²) in [7, 11) is 0. The highest BCUT2D eigenvalue weighted by molar-refractivity contribution is 9.09. The van der Waals surface area contributed by atoms with Gasteiger partial charge in [0, 0.05) is 11.5 Å². The van der Waals surface area contributed by atoms with Crippen LogP contribution in [0.5, 0.6) is 0 Å². The number of rotatable bonds is 4. The van der Waals surface area contributed by atoms with Crippen LogP contribution in [0, 0.1) is 5.92 Å². The van der Waals surface area contributed by atoms with Crippen LogP contribution in [0.2, 0.25) is 0 Å². The normalized spacial score (nSPS) is 19.2. The first-order valence-electron chi connectivity index (χ1n) is 6.40. The molecular weight excluding hydrogens is 384 g/mol. The molecule has 4 heteroatoms. The molecule has 1 atom stereocenters. The van der Waals surface area contributed by atoms with Crippen LogP contribution in [-0.4, -0.2) is 22.2 Å². The third kappa shape index (κ3) is 2.15. The lowest BCUT2D eigenvalue weighted by Gasteiger charge is -2.32. The predicted molar refractivity (Wildman–Crippen MR) is 87.4 cm³/mol. The monoisotopic (exact) mass is 394 g/mol. The maximum Gasteiger partial charge on any atom is 0.173 e. The SMILES string of the molecule is O=C(CBr)c1ccc2c(c1)C1=CCC(C(=O)CBr)C=C12. The minimum atomic E-state index is -0.0230. The molecule has 0 bridgehead atoms. The number of carbonyl (C=O) groups is 2. The number of hydrogen-bond acceptors (Lipinski definition) is 2. The highest BCUT2D eigenvalue weighted by Gasteiger charge is 2.31. The number of ketones is 2. The van der Waals surface area contributed by atoms with E-state index in [1.807, 2.05) is 18.2 Å². The zero-order chi connectivity index (χ0) is 14.3. The van der Waals surface area contributed by atoms with Crippen LogP contribution in [0.3, 0.4) is 0 Å². The van der Waals surface area contributed by atoms with E-state index in [1.165, 1.54) is 5.57 Å². The Morgan fingerprint density at radius 1 is 1.10 bits per heavy atom. The quantitative estimate of drug-likeness (QED) is 0.569. The van der Waals surface area contributed by atoms with Gasteiger partial charge in [-0.15, -0.1) is 0 Å². The molecule has 0 N–H and O–H groups in total. The lowest BCUT2D eigenvalue weighted by Crippen LogP contribution is -2.20. The Morgan fingerprint density at radius 2 is 1.90 bits per heavy atom. The van der Waals surface area contributed by atoms with Crippen molar-refractivity contribution in [1.29, 1.82) is 0 Å². The van der Waals surface area contributed by atoms with Crippen molar-refractivity contribution in [3.05, 3.63) is 47.0 Å². The zero-order valence-corrected chi connectivity index (χ0v) is 13.8. The second-order valence-electron chi connectivity index (χ2n) is 4.96. The fraction of sp³-hybridized carbons (Fsp3) is 0.250. The third-order valence-corrected chi connectivity index (χ3v) is 4.88. The van der Waals surface area contributed by atoms with E-state index in [4.69, 9.17) is 0 Å². The maximum absolute atomic E-state index is 11.8. The number of alkyl halides is 2. The molecule has 0 amide bonds. The van der Waals surface area contributed by atoms with Gasteiger partial charge in [0.25, 0.3) is 0 Å². The van der Waals surface area contributed by atoms with Crippen LogP contribution < -0.4 is 0 Å². The molecule has 0 fully saturated rings. The maximum atomic E-state index is 11.8. The van der Waals surface area contributed by atoms with E-state index in [2.05, 4.69) is 44.0 Å². The van der Waals surface area contributed by atoms with Crippen molar-refractivity contribution in [1.82, 2.24) is 0 Å². The minimum absolute atomic E-state index is 0.0230. The molecule has 0 saturated heterocycles. The average Bonchev–Trinajstić information content (AvgIpc) is 2.50. The summed E-state index contributed by atoms with van der Waals surface area (Å²) in [4.78, 5) is 23.5. The number of halogens is 2. The van der Waals surface area contributed by atoms with Gasteiger partial charge in [-0.2, -0.15) is 0 Å². The van der Waals surface area contributed by atoms with Crippen molar-refractivity contribution < 1.29 is 9.59 Å². The van der Waals surface area contributed by atoms with Gasteiger partial charge in [-0.1, -0.05) is 56.1 Å². The first-order valence-corrected chi connectivity index (χ1v) is 8.65. The van der Waals surface area contributed by atoms with Gasteiger partial charge in [-0.3, -0.25) is 9.59 Å². The molecule has 2 aliphatic rings. The van der Waals surface area contributed by atoms with Gasteiger partial charge >= 0.3 is 0 Å². The van der Waals surface area contributed by atoms with E-state index in [9.17, 15) is 9.59 Å². The van der Waals surface area contributed by atoms with Crippen molar-refractivity contribution >= 4 is 54.6 Å². The zero-order valence-electron chi connectivity index (χ0n) is 10.7. The molecule has 0 radical (unpaired) electrons. The third-order valence-electron chi connectivity index (χ3n) is 3.82. The van der Waals surface area contributed by atoms with E-state index in [0.717, 1.165) is 28.7 Å². The molecule has 102 valence electrons. The molecule has 2 aliphatic carbocycles. The lowest BCUT2D eigenvalue weighted by molar-refractivity contribution is -0.118. The Morgan fingerprint density at radius 3 is 2.60 bits per heavy atom. The van der Waals surface area contributed by atoms with E-state index in [-0.39, 0.29) is 17.5 Å². The fourth-order valence-corrected chi connectivity index (χ4v) is 3.46. The number of fused-ring (bicyclic) bond motifs is 4. The summed E-state index contributed by atoms with van der Waals surface area (Å²) in [5.74, 6) is 0.284. The van der Waals surface area contributed by atoms with Crippen LogP contribution in [0.25, 0.3) is 11.1 Å². The highest BCUT2D eigenvalue weighted by atomic mass is 79.9. The molecule has 3 rings (SSSR count). The van der Waals surface area contributed by atoms with Gasteiger partial charge in [0.2, 0.25) is 0 Å². The summed E-state index contributed by atoms with van der Waals surface area (Å²) in [5.41, 5.74) is 5.35. The van der Waals surface area contributed by atoms with Crippen LogP contribution in [0.15, 0.2) is 30.4 Å². The first kappa shape index (κ1) is 14.0. The van der Waals surface area contributed by atoms with Crippen molar-refractivity contribution in [2.45, 2.75) is 6.42 Å². The molecular formula is C16H12Br2O2. The van der Waals surface area contributed by atoms with Crippen LogP contribution in [-0.2, 0) is 4.79 Å². The Balaban J connectivity index is 1.96. The first-order chi connectivity index (χ1) is 9.65. The molecule has 1 aromatic carbocycles. The Hall–Kier alpha value is -1.00. The molecule has 1 unspecified atom stereocenters. The molecule has 0 saturated carbocycles. The molecule has 0 aromatic heterocycles. The number of Topliss-reactive ketones (excluding diaryl/α,β-unsaturated/α-hetero) is 2. The Kier molecular flexibility index (Phi) is 3.78. The fourth-order valence-electron chi connectivity index (χ4n) is 2.72. The summed E-state index contributed by atoms with van der Waals surface area (Å²) in [6, 6.07) is 5.79. The van der Waals surface area contributed by atoms with Gasteiger partial charge in [0.05, 0.1) is 10.7 Å². The van der Waals surface area contributed by atoms with Gasteiger partial charge in [0.1, 0.15) is 0 Å². The van der Waals surface area contributed by atoms with Crippen molar-refractivity contribution in [3.63, 3.8) is 0 Å². The Labute approximate surface area is 134 Å². The van der Waals surface area contributed by atoms with Gasteiger partial charge in [-0.25, -0.2) is 0 Å². The standard InChI is InChI=1S/C16H12Br2O2/c17-7-15(19)9-1-3-11-13(5-9)12-4-2-10(6-14(11)12)16(20)8-18/h1,3-6,10H,2,7-8H2.